The van der Waals surface area contributed by atoms with E-state index in [-0.39, 0.29) is 17.2 Å². The molecule has 142 valence electrons. The van der Waals surface area contributed by atoms with Gasteiger partial charge in [0.25, 0.3) is 11.8 Å². The van der Waals surface area contributed by atoms with Crippen molar-refractivity contribution in [1.82, 2.24) is 4.90 Å². The van der Waals surface area contributed by atoms with Crippen molar-refractivity contribution in [3.8, 4) is 17.4 Å². The number of benzene rings is 1. The molecule has 0 radical (unpaired) electrons. The van der Waals surface area contributed by atoms with Crippen molar-refractivity contribution in [2.45, 2.75) is 26.8 Å². The van der Waals surface area contributed by atoms with Crippen molar-refractivity contribution < 1.29 is 14.0 Å². The topological polar surface area (TPSA) is 74.3 Å². The predicted octanol–water partition coefficient (Wildman–Crippen LogP) is 5.25. The Labute approximate surface area is 172 Å². The number of imide groups is 1. The van der Waals surface area contributed by atoms with Gasteiger partial charge in [0.05, 0.1) is 5.02 Å². The molecule has 7 heteroatoms. The van der Waals surface area contributed by atoms with Crippen molar-refractivity contribution in [2.24, 2.45) is 0 Å². The number of furan rings is 1. The minimum Gasteiger partial charge on any atom is -0.457 e. The normalized spacial score (nSPS) is 16.3. The summed E-state index contributed by atoms with van der Waals surface area (Å²) in [6.07, 6.45) is 1.53. The van der Waals surface area contributed by atoms with E-state index in [1.54, 1.807) is 51.1 Å². The Balaban J connectivity index is 2.08. The van der Waals surface area contributed by atoms with Crippen molar-refractivity contribution in [1.29, 1.82) is 5.26 Å². The summed E-state index contributed by atoms with van der Waals surface area (Å²) in [5.41, 5.74) is 1.14. The summed E-state index contributed by atoms with van der Waals surface area (Å²) in [6, 6.07) is 9.95. The van der Waals surface area contributed by atoms with Crippen molar-refractivity contribution in [2.75, 3.05) is 0 Å². The number of hydrogen-bond acceptors (Lipinski definition) is 4. The third-order valence-electron chi connectivity index (χ3n) is 4.40. The van der Waals surface area contributed by atoms with Gasteiger partial charge in [0.1, 0.15) is 23.2 Å². The second-order valence-electron chi connectivity index (χ2n) is 6.57. The van der Waals surface area contributed by atoms with E-state index in [2.05, 4.69) is 0 Å². The first kappa shape index (κ1) is 19.9. The summed E-state index contributed by atoms with van der Waals surface area (Å²) < 4.78 is 5.82. The van der Waals surface area contributed by atoms with Gasteiger partial charge in [-0.1, -0.05) is 23.2 Å². The monoisotopic (exact) mass is 414 g/mol. The summed E-state index contributed by atoms with van der Waals surface area (Å²) >= 11 is 12.2. The van der Waals surface area contributed by atoms with Gasteiger partial charge in [-0.3, -0.25) is 14.5 Å². The van der Waals surface area contributed by atoms with Crippen LogP contribution in [0.15, 0.2) is 51.5 Å². The Hall–Kier alpha value is -2.81. The van der Waals surface area contributed by atoms with Gasteiger partial charge in [0, 0.05) is 22.2 Å². The second kappa shape index (κ2) is 7.67. The fourth-order valence-electron chi connectivity index (χ4n) is 2.97. The lowest BCUT2D eigenvalue weighted by atomic mass is 9.94. The van der Waals surface area contributed by atoms with Gasteiger partial charge in [-0.15, -0.1) is 0 Å². The third-order valence-corrected chi connectivity index (χ3v) is 4.96. The van der Waals surface area contributed by atoms with Crippen molar-refractivity contribution >= 4 is 41.1 Å². The molecule has 0 saturated heterocycles. The van der Waals surface area contributed by atoms with Crippen LogP contribution >= 0.6 is 23.2 Å². The minimum atomic E-state index is -0.581. The van der Waals surface area contributed by atoms with Crippen molar-refractivity contribution in [3.63, 3.8) is 0 Å². The standard InChI is InChI=1S/C21H16Cl2N2O3/c1-11(2)25-20(26)15(12(3)17(10-24)21(25)27)9-14-5-7-19(28-14)16-8-13(22)4-6-18(16)23/h4-9,11H,1-3H3/b15-9+. The van der Waals surface area contributed by atoms with E-state index in [0.717, 1.165) is 4.90 Å². The highest BCUT2D eigenvalue weighted by Gasteiger charge is 2.37. The molecular formula is C21H16Cl2N2O3. The first-order valence-electron chi connectivity index (χ1n) is 8.50. The Morgan fingerprint density at radius 1 is 1.14 bits per heavy atom. The molecule has 0 aliphatic carbocycles. The molecule has 2 heterocycles. The summed E-state index contributed by atoms with van der Waals surface area (Å²) in [5, 5.41) is 10.4. The highest BCUT2D eigenvalue weighted by atomic mass is 35.5. The second-order valence-corrected chi connectivity index (χ2v) is 7.41. The molecule has 5 nitrogen and oxygen atoms in total. The van der Waals surface area contributed by atoms with Gasteiger partial charge in [0.2, 0.25) is 0 Å². The van der Waals surface area contributed by atoms with E-state index >= 15 is 0 Å². The van der Waals surface area contributed by atoms with Crippen LogP contribution in [0.2, 0.25) is 10.0 Å². The molecule has 0 bridgehead atoms. The fourth-order valence-corrected chi connectivity index (χ4v) is 3.36. The first-order valence-corrected chi connectivity index (χ1v) is 9.26. The van der Waals surface area contributed by atoms with Crippen LogP contribution in [-0.2, 0) is 9.59 Å². The summed E-state index contributed by atoms with van der Waals surface area (Å²) in [7, 11) is 0. The minimum absolute atomic E-state index is 0.0517. The maximum Gasteiger partial charge on any atom is 0.271 e. The van der Waals surface area contributed by atoms with Gasteiger partial charge >= 0.3 is 0 Å². The number of amides is 2. The van der Waals surface area contributed by atoms with Crippen LogP contribution in [0.3, 0.4) is 0 Å². The molecule has 0 fully saturated rings. The van der Waals surface area contributed by atoms with Crippen LogP contribution in [0.1, 0.15) is 26.5 Å². The zero-order chi connectivity index (χ0) is 20.6. The fraction of sp³-hybridized carbons (Fsp3) is 0.190. The zero-order valence-electron chi connectivity index (χ0n) is 15.4. The lowest BCUT2D eigenvalue weighted by Gasteiger charge is -2.30. The van der Waals surface area contributed by atoms with Gasteiger partial charge in [-0.2, -0.15) is 5.26 Å². The average molecular weight is 415 g/mol. The molecule has 1 aliphatic heterocycles. The molecule has 1 aliphatic rings. The van der Waals surface area contributed by atoms with Gasteiger partial charge < -0.3 is 4.42 Å². The van der Waals surface area contributed by atoms with E-state index in [1.165, 1.54) is 6.08 Å². The Morgan fingerprint density at radius 3 is 2.50 bits per heavy atom. The molecule has 28 heavy (non-hydrogen) atoms. The number of nitrogens with zero attached hydrogens (tertiary/aromatic N) is 2. The number of carbonyl (C=O) groups excluding carboxylic acids is 2. The molecule has 2 aromatic rings. The Bertz CT molecular complexity index is 1090. The summed E-state index contributed by atoms with van der Waals surface area (Å²) in [5.74, 6) is -0.163. The summed E-state index contributed by atoms with van der Waals surface area (Å²) in [4.78, 5) is 26.3. The molecule has 2 amide bonds. The number of halogens is 2. The zero-order valence-corrected chi connectivity index (χ0v) is 16.9. The SMILES string of the molecule is CC1=C(C#N)C(=O)N(C(C)C)C(=O)/C1=C/c1ccc(-c2cc(Cl)ccc2Cl)o1. The number of carbonyl (C=O) groups is 2. The van der Waals surface area contributed by atoms with E-state index in [1.807, 2.05) is 6.07 Å². The quantitative estimate of drug-likeness (QED) is 0.507. The molecular weight excluding hydrogens is 399 g/mol. The molecule has 0 atom stereocenters. The third kappa shape index (κ3) is 3.49. The highest BCUT2D eigenvalue weighted by molar-refractivity contribution is 6.35. The highest BCUT2D eigenvalue weighted by Crippen LogP contribution is 2.33. The van der Waals surface area contributed by atoms with Crippen LogP contribution in [0, 0.1) is 11.3 Å². The molecule has 0 unspecified atom stereocenters. The lowest BCUT2D eigenvalue weighted by molar-refractivity contribution is -0.142. The van der Waals surface area contributed by atoms with Crippen LogP contribution in [0.25, 0.3) is 17.4 Å². The van der Waals surface area contributed by atoms with Crippen LogP contribution in [-0.4, -0.2) is 22.8 Å². The van der Waals surface area contributed by atoms with E-state index in [0.29, 0.717) is 32.7 Å². The molecule has 0 saturated carbocycles. The largest absolute Gasteiger partial charge is 0.457 e. The Kier molecular flexibility index (Phi) is 5.46. The van der Waals surface area contributed by atoms with Gasteiger partial charge in [-0.05, 0) is 62.8 Å². The molecule has 1 aromatic heterocycles. The van der Waals surface area contributed by atoms with Crippen LogP contribution in [0.4, 0.5) is 0 Å². The van der Waals surface area contributed by atoms with Crippen LogP contribution < -0.4 is 0 Å². The maximum atomic E-state index is 12.8. The van der Waals surface area contributed by atoms with Crippen LogP contribution in [0.5, 0.6) is 0 Å². The molecule has 0 N–H and O–H groups in total. The number of hydrogen-bond donors (Lipinski definition) is 0. The van der Waals surface area contributed by atoms with Gasteiger partial charge in [0.15, 0.2) is 0 Å². The van der Waals surface area contributed by atoms with E-state index in [9.17, 15) is 14.9 Å². The maximum absolute atomic E-state index is 12.8. The molecule has 3 rings (SSSR count). The first-order chi connectivity index (χ1) is 13.2. The van der Waals surface area contributed by atoms with Crippen molar-refractivity contribution in [3.05, 3.63) is 62.9 Å². The van der Waals surface area contributed by atoms with Gasteiger partial charge in [-0.25, -0.2) is 0 Å². The molecule has 1 aromatic carbocycles. The smallest absolute Gasteiger partial charge is 0.271 e. The summed E-state index contributed by atoms with van der Waals surface area (Å²) in [6.45, 7) is 5.01. The molecule has 0 spiro atoms. The van der Waals surface area contributed by atoms with E-state index < -0.39 is 11.8 Å². The predicted molar refractivity (Wildman–Crippen MR) is 107 cm³/mol. The number of nitriles is 1. The van der Waals surface area contributed by atoms with E-state index in [4.69, 9.17) is 27.6 Å². The number of rotatable bonds is 3. The average Bonchev–Trinajstić information content (AvgIpc) is 3.09. The lowest BCUT2D eigenvalue weighted by Crippen LogP contribution is -2.46. The Morgan fingerprint density at radius 2 is 1.86 bits per heavy atom.